The second-order valence-electron chi connectivity index (χ2n) is 15.4. The van der Waals surface area contributed by atoms with Crippen LogP contribution in [-0.2, 0) is 9.53 Å². The molecule has 1 aliphatic heterocycles. The molecule has 2 N–H and O–H groups in total. The summed E-state index contributed by atoms with van der Waals surface area (Å²) in [5.74, 6) is 4.85. The van der Waals surface area contributed by atoms with E-state index in [-0.39, 0.29) is 22.9 Å². The van der Waals surface area contributed by atoms with E-state index in [1.54, 1.807) is 0 Å². The zero-order chi connectivity index (χ0) is 27.2. The van der Waals surface area contributed by atoms with Gasteiger partial charge < -0.3 is 9.84 Å². The first kappa shape index (κ1) is 28.6. The van der Waals surface area contributed by atoms with Crippen molar-refractivity contribution in [2.45, 2.75) is 129 Å². The fraction of sp³-hybridized carbons (Fsp3) is 0.971. The summed E-state index contributed by atoms with van der Waals surface area (Å²) in [5.41, 5.74) is 4.12. The summed E-state index contributed by atoms with van der Waals surface area (Å²) in [5, 5.41) is 12.9. The predicted molar refractivity (Wildman–Crippen MR) is 156 cm³/mol. The Hall–Kier alpha value is -0.490. The third kappa shape index (κ3) is 5.08. The van der Waals surface area contributed by atoms with E-state index in [9.17, 15) is 9.90 Å². The zero-order valence-corrected chi connectivity index (χ0v) is 25.3. The molecule has 6 fully saturated rings. The number of hydrogen-bond acceptors (Lipinski definition) is 5. The number of nitrogens with one attached hydrogen (secondary N) is 1. The highest BCUT2D eigenvalue weighted by Gasteiger charge is 2.62. The minimum absolute atomic E-state index is 0.118. The lowest BCUT2D eigenvalue weighted by Crippen LogP contribution is -2.57. The van der Waals surface area contributed by atoms with Gasteiger partial charge in [0.25, 0.3) is 0 Å². The largest absolute Gasteiger partial charge is 0.393 e. The number of ether oxygens (including phenoxy) is 1. The molecule has 1 heterocycles. The van der Waals surface area contributed by atoms with Crippen LogP contribution in [0.5, 0.6) is 0 Å². The average Bonchev–Trinajstić information content (AvgIpc) is 3.43. The summed E-state index contributed by atoms with van der Waals surface area (Å²) in [6.07, 6.45) is 19.8. The minimum atomic E-state index is -0.118. The van der Waals surface area contributed by atoms with Crippen molar-refractivity contribution in [3.05, 3.63) is 0 Å². The minimum Gasteiger partial charge on any atom is -0.393 e. The molecule has 5 saturated carbocycles. The number of carbonyl (C=O) groups excluding carboxylic acids is 1. The van der Waals surface area contributed by atoms with E-state index in [1.807, 2.05) is 7.11 Å². The fourth-order valence-electron chi connectivity index (χ4n) is 11.9. The van der Waals surface area contributed by atoms with E-state index in [0.717, 1.165) is 50.7 Å². The van der Waals surface area contributed by atoms with Crippen LogP contribution in [0, 0.1) is 52.3 Å². The first-order chi connectivity index (χ1) is 18.9. The van der Waals surface area contributed by atoms with E-state index in [1.165, 1.54) is 77.0 Å². The highest BCUT2D eigenvalue weighted by atomic mass is 16.5. The van der Waals surface area contributed by atoms with Crippen LogP contribution in [-0.4, -0.2) is 54.9 Å². The molecule has 5 nitrogen and oxygen atoms in total. The highest BCUT2D eigenvalue weighted by Crippen LogP contribution is 2.67. The summed E-state index contributed by atoms with van der Waals surface area (Å²) in [6, 6.07) is 0.527. The average molecular weight is 543 g/mol. The van der Waals surface area contributed by atoms with Crippen LogP contribution in [0.25, 0.3) is 0 Å². The van der Waals surface area contributed by atoms with Crippen LogP contribution in [0.4, 0.5) is 0 Å². The van der Waals surface area contributed by atoms with E-state index >= 15 is 0 Å². The molecule has 0 aromatic rings. The molecule has 5 heteroatoms. The molecule has 0 radical (unpaired) electrons. The summed E-state index contributed by atoms with van der Waals surface area (Å²) >= 11 is 0. The van der Waals surface area contributed by atoms with Gasteiger partial charge in [-0.1, -0.05) is 46.0 Å². The summed E-state index contributed by atoms with van der Waals surface area (Å²) in [6.45, 7) is 7.42. The molecule has 0 spiro atoms. The Balaban J connectivity index is 1.15. The number of nitrogens with zero attached hydrogens (tertiary/aromatic N) is 1. The van der Waals surface area contributed by atoms with Gasteiger partial charge in [0.15, 0.2) is 5.78 Å². The maximum absolute atomic E-state index is 14.2. The second kappa shape index (κ2) is 11.7. The van der Waals surface area contributed by atoms with Gasteiger partial charge in [-0.05, 0) is 117 Å². The third-order valence-corrected chi connectivity index (χ3v) is 13.7. The Bertz CT molecular complexity index is 857. The molecule has 10 atom stereocenters. The van der Waals surface area contributed by atoms with Crippen LogP contribution in [0.1, 0.15) is 117 Å². The summed E-state index contributed by atoms with van der Waals surface area (Å²) < 4.78 is 5.93. The Labute approximate surface area is 238 Å². The number of hydrogen-bond donors (Lipinski definition) is 2. The van der Waals surface area contributed by atoms with Gasteiger partial charge in [-0.25, -0.2) is 5.01 Å². The lowest BCUT2D eigenvalue weighted by Gasteiger charge is -2.61. The van der Waals surface area contributed by atoms with Crippen molar-refractivity contribution < 1.29 is 14.6 Å². The quantitative estimate of drug-likeness (QED) is 0.407. The number of carbonyl (C=O) groups is 1. The van der Waals surface area contributed by atoms with E-state index in [2.05, 4.69) is 24.3 Å². The molecule has 222 valence electrons. The van der Waals surface area contributed by atoms with Crippen molar-refractivity contribution in [2.75, 3.05) is 26.8 Å². The first-order valence-electron chi connectivity index (χ1n) is 17.1. The lowest BCUT2D eigenvalue weighted by molar-refractivity contribution is -0.161. The van der Waals surface area contributed by atoms with Gasteiger partial charge in [0.2, 0.25) is 0 Å². The topological polar surface area (TPSA) is 61.8 Å². The molecule has 0 aromatic heterocycles. The van der Waals surface area contributed by atoms with Crippen molar-refractivity contribution in [3.63, 3.8) is 0 Å². The maximum atomic E-state index is 14.2. The highest BCUT2D eigenvalue weighted by molar-refractivity contribution is 5.84. The number of rotatable bonds is 6. The molecular formula is C34H58N2O3. The number of fused-ring (bicyclic) bond motifs is 5. The molecule has 0 aromatic carbocycles. The molecule has 5 aliphatic carbocycles. The normalized spacial score (nSPS) is 47.6. The molecule has 0 bridgehead atoms. The molecule has 6 rings (SSSR count). The van der Waals surface area contributed by atoms with Gasteiger partial charge in [0.1, 0.15) is 0 Å². The molecule has 0 amide bonds. The van der Waals surface area contributed by atoms with Crippen molar-refractivity contribution in [2.24, 2.45) is 52.3 Å². The summed E-state index contributed by atoms with van der Waals surface area (Å²) in [7, 11) is 1.88. The monoisotopic (exact) mass is 542 g/mol. The molecule has 1 saturated heterocycles. The SMILES string of the molecule is COC[C@]12CC[C@@H](O)C[C@@H]1CC[C@H]1[C@@H]3CC[C@H](C(=O)CN4NCC(C)C4C4CCCCCCC4)[C@@]3(C)CC[C@@H]12. The fourth-order valence-corrected chi connectivity index (χ4v) is 11.9. The predicted octanol–water partition coefficient (Wildman–Crippen LogP) is 6.39. The smallest absolute Gasteiger partial charge is 0.151 e. The van der Waals surface area contributed by atoms with Crippen molar-refractivity contribution in [1.82, 2.24) is 10.4 Å². The van der Waals surface area contributed by atoms with Gasteiger partial charge in [-0.15, -0.1) is 0 Å². The molecular weight excluding hydrogens is 484 g/mol. The number of ketones is 1. The Morgan fingerprint density at radius 1 is 0.949 bits per heavy atom. The van der Waals surface area contributed by atoms with Crippen molar-refractivity contribution in [1.29, 1.82) is 0 Å². The number of hydrazine groups is 1. The number of aliphatic hydroxyl groups is 1. The van der Waals surface area contributed by atoms with Gasteiger partial charge in [0, 0.05) is 25.6 Å². The van der Waals surface area contributed by atoms with Crippen LogP contribution >= 0.6 is 0 Å². The molecule has 6 aliphatic rings. The van der Waals surface area contributed by atoms with E-state index < -0.39 is 0 Å². The number of aliphatic hydroxyl groups excluding tert-OH is 1. The van der Waals surface area contributed by atoms with Crippen LogP contribution in [0.3, 0.4) is 0 Å². The van der Waals surface area contributed by atoms with Gasteiger partial charge in [-0.3, -0.25) is 10.2 Å². The van der Waals surface area contributed by atoms with Crippen molar-refractivity contribution >= 4 is 5.78 Å². The second-order valence-corrected chi connectivity index (χ2v) is 15.4. The number of Topliss-reactive ketones (excluding diaryl/α,β-unsaturated/α-hetero) is 1. The van der Waals surface area contributed by atoms with Gasteiger partial charge in [0.05, 0.1) is 19.3 Å². The lowest BCUT2D eigenvalue weighted by atomic mass is 9.44. The van der Waals surface area contributed by atoms with Crippen LogP contribution in [0.15, 0.2) is 0 Å². The molecule has 39 heavy (non-hydrogen) atoms. The Morgan fingerprint density at radius 3 is 2.49 bits per heavy atom. The summed E-state index contributed by atoms with van der Waals surface area (Å²) in [4.78, 5) is 14.2. The van der Waals surface area contributed by atoms with Crippen LogP contribution in [0.2, 0.25) is 0 Å². The Morgan fingerprint density at radius 2 is 1.72 bits per heavy atom. The standard InChI is InChI=1S/C34H58N2O3/c1-23-20-35-36(32(23)24-9-7-5-4-6-8-10-24)21-31(38)30-14-13-28-27-12-11-25-19-26(37)15-18-34(25,22-39-3)29(27)16-17-33(28,30)2/h23-30,32,35,37H,4-22H2,1-3H3/t23?,25-,26+,27-,28-,29-,30+,32?,33-,34+/m0/s1. The maximum Gasteiger partial charge on any atom is 0.151 e. The Kier molecular flexibility index (Phi) is 8.55. The van der Waals surface area contributed by atoms with Gasteiger partial charge >= 0.3 is 0 Å². The first-order valence-corrected chi connectivity index (χ1v) is 17.1. The van der Waals surface area contributed by atoms with E-state index in [4.69, 9.17) is 4.74 Å². The molecule has 2 unspecified atom stereocenters. The van der Waals surface area contributed by atoms with E-state index in [0.29, 0.717) is 42.0 Å². The zero-order valence-electron chi connectivity index (χ0n) is 25.3. The number of methoxy groups -OCH3 is 1. The van der Waals surface area contributed by atoms with Crippen molar-refractivity contribution in [3.8, 4) is 0 Å². The third-order valence-electron chi connectivity index (χ3n) is 13.7. The van der Waals surface area contributed by atoms with Gasteiger partial charge in [-0.2, -0.15) is 0 Å². The van der Waals surface area contributed by atoms with Crippen LogP contribution < -0.4 is 5.43 Å².